The van der Waals surface area contributed by atoms with E-state index < -0.39 is 0 Å². The quantitative estimate of drug-likeness (QED) is 0.898. The molecular formula is C14H21Cl2N3O. The molecule has 4 nitrogen and oxygen atoms in total. The van der Waals surface area contributed by atoms with Crippen LogP contribution in [0.5, 0.6) is 0 Å². The van der Waals surface area contributed by atoms with Crippen molar-refractivity contribution >= 4 is 30.7 Å². The molecule has 3 rings (SSSR count). The lowest BCUT2D eigenvalue weighted by molar-refractivity contribution is -0.129. The highest BCUT2D eigenvalue weighted by Gasteiger charge is 2.37. The summed E-state index contributed by atoms with van der Waals surface area (Å²) in [6.07, 6.45) is 2.30. The number of fused-ring (bicyclic) bond motifs is 1. The predicted octanol–water partition coefficient (Wildman–Crippen LogP) is 1.45. The summed E-state index contributed by atoms with van der Waals surface area (Å²) >= 11 is 0. The molecule has 0 spiro atoms. The molecule has 2 saturated heterocycles. The van der Waals surface area contributed by atoms with Gasteiger partial charge in [0, 0.05) is 38.1 Å². The molecule has 6 heteroatoms. The number of aryl methyl sites for hydroxylation is 1. The number of hydrogen-bond donors (Lipinski definition) is 1. The first-order valence-corrected chi connectivity index (χ1v) is 6.62. The van der Waals surface area contributed by atoms with E-state index in [1.165, 1.54) is 0 Å². The third kappa shape index (κ3) is 3.62. The van der Waals surface area contributed by atoms with E-state index in [9.17, 15) is 4.79 Å². The summed E-state index contributed by atoms with van der Waals surface area (Å²) in [4.78, 5) is 18.5. The number of hydrogen-bond acceptors (Lipinski definition) is 3. The molecule has 0 bridgehead atoms. The van der Waals surface area contributed by atoms with Crippen LogP contribution >= 0.6 is 24.8 Å². The average molecular weight is 318 g/mol. The molecule has 0 unspecified atom stereocenters. The number of rotatable bonds is 2. The van der Waals surface area contributed by atoms with E-state index in [2.05, 4.69) is 10.3 Å². The summed E-state index contributed by atoms with van der Waals surface area (Å²) in [5.41, 5.74) is 2.01. The summed E-state index contributed by atoms with van der Waals surface area (Å²) in [6.45, 7) is 5.95. The molecule has 20 heavy (non-hydrogen) atoms. The van der Waals surface area contributed by atoms with Crippen molar-refractivity contribution < 1.29 is 4.79 Å². The second-order valence-corrected chi connectivity index (χ2v) is 5.46. The summed E-state index contributed by atoms with van der Waals surface area (Å²) in [5.74, 6) is 1.59. The van der Waals surface area contributed by atoms with Crippen LogP contribution in [-0.4, -0.2) is 42.0 Å². The third-order valence-corrected chi connectivity index (χ3v) is 4.07. The maximum atomic E-state index is 12.2. The summed E-state index contributed by atoms with van der Waals surface area (Å²) in [6, 6.07) is 3.96. The Labute approximate surface area is 132 Å². The van der Waals surface area contributed by atoms with Crippen LogP contribution in [0.15, 0.2) is 18.3 Å². The van der Waals surface area contributed by atoms with Gasteiger partial charge in [-0.1, -0.05) is 6.07 Å². The van der Waals surface area contributed by atoms with Crippen LogP contribution in [-0.2, 0) is 11.2 Å². The average Bonchev–Trinajstić information content (AvgIpc) is 2.92. The number of carbonyl (C=O) groups excluding carboxylic acids is 1. The van der Waals surface area contributed by atoms with Gasteiger partial charge in [0.05, 0.1) is 6.42 Å². The topological polar surface area (TPSA) is 45.2 Å². The van der Waals surface area contributed by atoms with E-state index >= 15 is 0 Å². The maximum Gasteiger partial charge on any atom is 0.227 e. The van der Waals surface area contributed by atoms with Gasteiger partial charge in [-0.2, -0.15) is 0 Å². The molecule has 2 aliphatic heterocycles. The molecule has 3 heterocycles. The first-order valence-electron chi connectivity index (χ1n) is 6.62. The van der Waals surface area contributed by atoms with Gasteiger partial charge in [0.25, 0.3) is 0 Å². The standard InChI is InChI=1S/C14H19N3O.2ClH/c1-10-2-3-11(5-16-10)4-14(18)17-8-12-6-15-7-13(12)9-17;;/h2-3,5,12-13,15H,4,6-9H2,1H3;2*1H/t12-,13+;;. The number of likely N-dealkylation sites (tertiary alicyclic amines) is 1. The number of aromatic nitrogens is 1. The molecule has 0 radical (unpaired) electrons. The Hall–Kier alpha value is -0.840. The molecule has 1 aromatic rings. The Kier molecular flexibility index (Phi) is 6.24. The molecule has 2 fully saturated rings. The van der Waals surface area contributed by atoms with Crippen molar-refractivity contribution in [1.29, 1.82) is 0 Å². The van der Waals surface area contributed by atoms with Gasteiger partial charge in [-0.05, 0) is 30.4 Å². The second kappa shape index (κ2) is 7.25. The fourth-order valence-corrected chi connectivity index (χ4v) is 2.95. The van der Waals surface area contributed by atoms with Gasteiger partial charge in [0.15, 0.2) is 0 Å². The molecule has 2 aliphatic rings. The van der Waals surface area contributed by atoms with E-state index in [4.69, 9.17) is 0 Å². The van der Waals surface area contributed by atoms with Gasteiger partial charge in [0.1, 0.15) is 0 Å². The number of nitrogens with one attached hydrogen (secondary N) is 1. The van der Waals surface area contributed by atoms with Crippen molar-refractivity contribution in [1.82, 2.24) is 15.2 Å². The molecular weight excluding hydrogens is 297 g/mol. The summed E-state index contributed by atoms with van der Waals surface area (Å²) in [7, 11) is 0. The van der Waals surface area contributed by atoms with Crippen LogP contribution in [0.4, 0.5) is 0 Å². The van der Waals surface area contributed by atoms with E-state index in [-0.39, 0.29) is 30.7 Å². The van der Waals surface area contributed by atoms with Gasteiger partial charge in [-0.25, -0.2) is 0 Å². The van der Waals surface area contributed by atoms with Crippen molar-refractivity contribution in [2.45, 2.75) is 13.3 Å². The lowest BCUT2D eigenvalue weighted by atomic mass is 10.0. The molecule has 0 aliphatic carbocycles. The van der Waals surface area contributed by atoms with Crippen molar-refractivity contribution in [3.63, 3.8) is 0 Å². The van der Waals surface area contributed by atoms with Crippen LogP contribution in [0, 0.1) is 18.8 Å². The number of amides is 1. The fraction of sp³-hybridized carbons (Fsp3) is 0.571. The Morgan fingerprint density at radius 1 is 1.30 bits per heavy atom. The highest BCUT2D eigenvalue weighted by Crippen LogP contribution is 2.26. The highest BCUT2D eigenvalue weighted by molar-refractivity contribution is 5.85. The second-order valence-electron chi connectivity index (χ2n) is 5.46. The van der Waals surface area contributed by atoms with Crippen LogP contribution < -0.4 is 5.32 Å². The zero-order chi connectivity index (χ0) is 12.5. The zero-order valence-corrected chi connectivity index (χ0v) is 13.2. The van der Waals surface area contributed by atoms with E-state index in [1.54, 1.807) is 0 Å². The Bertz CT molecular complexity index is 440. The highest BCUT2D eigenvalue weighted by atomic mass is 35.5. The minimum atomic E-state index is 0. The van der Waals surface area contributed by atoms with Gasteiger partial charge < -0.3 is 10.2 Å². The third-order valence-electron chi connectivity index (χ3n) is 4.07. The summed E-state index contributed by atoms with van der Waals surface area (Å²) in [5, 5.41) is 3.39. The Balaban J connectivity index is 0.000001000. The van der Waals surface area contributed by atoms with Gasteiger partial charge in [0.2, 0.25) is 5.91 Å². The van der Waals surface area contributed by atoms with Crippen molar-refractivity contribution in [2.24, 2.45) is 11.8 Å². The van der Waals surface area contributed by atoms with Gasteiger partial charge in [-0.3, -0.25) is 9.78 Å². The molecule has 1 amide bonds. The lowest BCUT2D eigenvalue weighted by Gasteiger charge is -2.17. The van der Waals surface area contributed by atoms with Crippen molar-refractivity contribution in [3.05, 3.63) is 29.6 Å². The Morgan fingerprint density at radius 3 is 2.50 bits per heavy atom. The van der Waals surface area contributed by atoms with E-state index in [1.807, 2.05) is 30.2 Å². The van der Waals surface area contributed by atoms with Crippen molar-refractivity contribution in [3.8, 4) is 0 Å². The maximum absolute atomic E-state index is 12.2. The predicted molar refractivity (Wildman–Crippen MR) is 83.6 cm³/mol. The molecule has 0 saturated carbocycles. The van der Waals surface area contributed by atoms with E-state index in [0.717, 1.165) is 37.4 Å². The van der Waals surface area contributed by atoms with E-state index in [0.29, 0.717) is 18.3 Å². The fourth-order valence-electron chi connectivity index (χ4n) is 2.95. The summed E-state index contributed by atoms with van der Waals surface area (Å²) < 4.78 is 0. The molecule has 1 aromatic heterocycles. The normalized spacial score (nSPS) is 23.8. The molecule has 2 atom stereocenters. The van der Waals surface area contributed by atoms with Crippen LogP contribution in [0.3, 0.4) is 0 Å². The minimum absolute atomic E-state index is 0. The van der Waals surface area contributed by atoms with Crippen LogP contribution in [0.1, 0.15) is 11.3 Å². The SMILES string of the molecule is Cc1ccc(CC(=O)N2C[C@H]3CNC[C@H]3C2)cn1.Cl.Cl. The van der Waals surface area contributed by atoms with Crippen LogP contribution in [0.2, 0.25) is 0 Å². The minimum Gasteiger partial charge on any atom is -0.342 e. The largest absolute Gasteiger partial charge is 0.342 e. The first kappa shape index (κ1) is 17.2. The molecule has 112 valence electrons. The zero-order valence-electron chi connectivity index (χ0n) is 11.5. The number of carbonyl (C=O) groups is 1. The van der Waals surface area contributed by atoms with Crippen molar-refractivity contribution in [2.75, 3.05) is 26.2 Å². The van der Waals surface area contributed by atoms with Gasteiger partial charge in [-0.15, -0.1) is 24.8 Å². The monoisotopic (exact) mass is 317 g/mol. The smallest absolute Gasteiger partial charge is 0.227 e. The number of nitrogens with zero attached hydrogens (tertiary/aromatic N) is 2. The number of pyridine rings is 1. The Morgan fingerprint density at radius 2 is 1.95 bits per heavy atom. The first-order chi connectivity index (χ1) is 8.72. The van der Waals surface area contributed by atoms with Gasteiger partial charge >= 0.3 is 0 Å². The number of halogens is 2. The van der Waals surface area contributed by atoms with Crippen LogP contribution in [0.25, 0.3) is 0 Å². The molecule has 1 N–H and O–H groups in total. The lowest BCUT2D eigenvalue weighted by Crippen LogP contribution is -2.33. The molecule has 0 aromatic carbocycles.